The van der Waals surface area contributed by atoms with E-state index in [2.05, 4.69) is 6.07 Å². The number of ether oxygens (including phenoxy) is 1. The van der Waals surface area contributed by atoms with Crippen molar-refractivity contribution in [1.82, 2.24) is 0 Å². The van der Waals surface area contributed by atoms with Gasteiger partial charge in [0.05, 0.1) is 18.8 Å². The van der Waals surface area contributed by atoms with Gasteiger partial charge >= 0.3 is 6.18 Å². The van der Waals surface area contributed by atoms with Crippen LogP contribution >= 0.6 is 0 Å². The maximum absolute atomic E-state index is 12.3. The van der Waals surface area contributed by atoms with Crippen LogP contribution in [0.4, 0.5) is 18.9 Å². The van der Waals surface area contributed by atoms with Crippen molar-refractivity contribution in [2.45, 2.75) is 6.18 Å². The highest BCUT2D eigenvalue weighted by molar-refractivity contribution is 5.47. The van der Waals surface area contributed by atoms with E-state index < -0.39 is 11.7 Å². The van der Waals surface area contributed by atoms with Gasteiger partial charge in [-0.25, -0.2) is 0 Å². The average molecular weight is 230 g/mol. The molecule has 2 rings (SSSR count). The van der Waals surface area contributed by atoms with Crippen LogP contribution in [0.2, 0.25) is 0 Å². The molecule has 0 amide bonds. The molecule has 1 aromatic carbocycles. The number of morpholine rings is 1. The number of nitrogens with zero attached hydrogens (tertiary/aromatic N) is 1. The Morgan fingerprint density at radius 3 is 2.38 bits per heavy atom. The molecule has 1 aromatic rings. The predicted octanol–water partition coefficient (Wildman–Crippen LogP) is 2.34. The largest absolute Gasteiger partial charge is 0.416 e. The van der Waals surface area contributed by atoms with Crippen LogP contribution in [0.5, 0.6) is 0 Å². The Kier molecular flexibility index (Phi) is 3.05. The van der Waals surface area contributed by atoms with Crippen molar-refractivity contribution >= 4 is 5.69 Å². The van der Waals surface area contributed by atoms with Crippen molar-refractivity contribution in [2.24, 2.45) is 0 Å². The van der Waals surface area contributed by atoms with E-state index in [0.717, 1.165) is 12.1 Å². The molecule has 0 unspecified atom stereocenters. The van der Waals surface area contributed by atoms with Gasteiger partial charge in [0.15, 0.2) is 0 Å². The summed E-state index contributed by atoms with van der Waals surface area (Å²) in [4.78, 5) is 1.96. The maximum Gasteiger partial charge on any atom is 0.416 e. The highest BCUT2D eigenvalue weighted by atomic mass is 19.4. The Balaban J connectivity index is 2.12. The summed E-state index contributed by atoms with van der Waals surface area (Å²) in [5, 5.41) is 0. The van der Waals surface area contributed by atoms with E-state index in [1.807, 2.05) is 4.90 Å². The second-order valence-corrected chi connectivity index (χ2v) is 3.56. The van der Waals surface area contributed by atoms with Crippen molar-refractivity contribution in [2.75, 3.05) is 31.2 Å². The molecule has 1 fully saturated rings. The first-order chi connectivity index (χ1) is 7.57. The first kappa shape index (κ1) is 11.3. The normalized spacial score (nSPS) is 17.6. The smallest absolute Gasteiger partial charge is 0.378 e. The maximum atomic E-state index is 12.3. The van der Waals surface area contributed by atoms with Gasteiger partial charge in [0.1, 0.15) is 0 Å². The van der Waals surface area contributed by atoms with Gasteiger partial charge in [0, 0.05) is 24.8 Å². The fourth-order valence-electron chi connectivity index (χ4n) is 1.59. The number of benzene rings is 1. The SMILES string of the molecule is FC(F)(F)c1c[c]c(N2CCOCC2)cc1. The number of alkyl halides is 3. The second-order valence-electron chi connectivity index (χ2n) is 3.56. The molecule has 0 atom stereocenters. The molecule has 0 aliphatic carbocycles. The molecule has 0 bridgehead atoms. The fourth-order valence-corrected chi connectivity index (χ4v) is 1.59. The van der Waals surface area contributed by atoms with Gasteiger partial charge in [0.2, 0.25) is 0 Å². The van der Waals surface area contributed by atoms with Crippen LogP contribution in [-0.4, -0.2) is 26.3 Å². The van der Waals surface area contributed by atoms with Gasteiger partial charge in [-0.3, -0.25) is 0 Å². The first-order valence-electron chi connectivity index (χ1n) is 4.99. The summed E-state index contributed by atoms with van der Waals surface area (Å²) in [6.07, 6.45) is -4.29. The number of hydrogen-bond acceptors (Lipinski definition) is 2. The van der Waals surface area contributed by atoms with E-state index in [0.29, 0.717) is 32.0 Å². The Hall–Kier alpha value is -1.23. The molecule has 1 aliphatic heterocycles. The summed E-state index contributed by atoms with van der Waals surface area (Å²) in [5.41, 5.74) is 0.0285. The third-order valence-electron chi connectivity index (χ3n) is 2.48. The molecule has 1 radical (unpaired) electrons. The van der Waals surface area contributed by atoms with E-state index in [1.54, 1.807) is 0 Å². The Morgan fingerprint density at radius 1 is 1.19 bits per heavy atom. The van der Waals surface area contributed by atoms with Crippen molar-refractivity contribution in [3.8, 4) is 0 Å². The number of rotatable bonds is 1. The molecule has 0 saturated carbocycles. The molecule has 2 nitrogen and oxygen atoms in total. The van der Waals surface area contributed by atoms with Crippen LogP contribution in [0, 0.1) is 6.07 Å². The van der Waals surface area contributed by atoms with Gasteiger partial charge in [-0.1, -0.05) is 0 Å². The molecule has 0 spiro atoms. The summed E-state index contributed by atoms with van der Waals surface area (Å²) >= 11 is 0. The van der Waals surface area contributed by atoms with Gasteiger partial charge in [-0.05, 0) is 18.2 Å². The lowest BCUT2D eigenvalue weighted by molar-refractivity contribution is -0.137. The number of anilines is 1. The van der Waals surface area contributed by atoms with Crippen molar-refractivity contribution in [3.63, 3.8) is 0 Å². The number of hydrogen-bond donors (Lipinski definition) is 0. The summed E-state index contributed by atoms with van der Waals surface area (Å²) in [6.45, 7) is 2.60. The molecule has 1 heterocycles. The minimum Gasteiger partial charge on any atom is -0.378 e. The monoisotopic (exact) mass is 230 g/mol. The summed E-state index contributed by atoms with van der Waals surface area (Å²) in [5.74, 6) is 0. The third-order valence-corrected chi connectivity index (χ3v) is 2.48. The van der Waals surface area contributed by atoms with Gasteiger partial charge in [0.25, 0.3) is 0 Å². The topological polar surface area (TPSA) is 12.5 Å². The first-order valence-corrected chi connectivity index (χ1v) is 4.99. The standard InChI is InChI=1S/C11H11F3NO/c12-11(13,14)9-1-3-10(4-2-9)15-5-7-16-8-6-15/h1-3H,5-8H2. The summed E-state index contributed by atoms with van der Waals surface area (Å²) < 4.78 is 42.1. The van der Waals surface area contributed by atoms with E-state index in [4.69, 9.17) is 4.74 Å². The zero-order valence-corrected chi connectivity index (χ0v) is 8.55. The molecule has 1 saturated heterocycles. The van der Waals surface area contributed by atoms with Crippen LogP contribution in [0.15, 0.2) is 18.2 Å². The second kappa shape index (κ2) is 4.33. The van der Waals surface area contributed by atoms with Gasteiger partial charge in [-0.2, -0.15) is 13.2 Å². The van der Waals surface area contributed by atoms with Gasteiger partial charge in [-0.15, -0.1) is 0 Å². The lowest BCUT2D eigenvalue weighted by atomic mass is 10.2. The molecule has 5 heteroatoms. The highest BCUT2D eigenvalue weighted by Crippen LogP contribution is 2.30. The minimum absolute atomic E-state index is 0.606. The lowest BCUT2D eigenvalue weighted by Gasteiger charge is -2.28. The average Bonchev–Trinajstić information content (AvgIpc) is 2.29. The Bertz CT molecular complexity index is 341. The van der Waals surface area contributed by atoms with Crippen LogP contribution in [-0.2, 0) is 10.9 Å². The molecule has 87 valence electrons. The molecular weight excluding hydrogens is 219 g/mol. The van der Waals surface area contributed by atoms with Crippen LogP contribution in [0.25, 0.3) is 0 Å². The summed E-state index contributed by atoms with van der Waals surface area (Å²) in [6, 6.07) is 6.19. The fraction of sp³-hybridized carbons (Fsp3) is 0.455. The molecule has 0 aromatic heterocycles. The predicted molar refractivity (Wildman–Crippen MR) is 53.3 cm³/mol. The minimum atomic E-state index is -4.29. The van der Waals surface area contributed by atoms with Gasteiger partial charge < -0.3 is 9.64 Å². The Morgan fingerprint density at radius 2 is 1.88 bits per heavy atom. The molecule has 1 aliphatic rings. The van der Waals surface area contributed by atoms with Crippen molar-refractivity contribution < 1.29 is 17.9 Å². The van der Waals surface area contributed by atoms with E-state index in [1.165, 1.54) is 6.07 Å². The van der Waals surface area contributed by atoms with Crippen LogP contribution in [0.3, 0.4) is 0 Å². The van der Waals surface area contributed by atoms with E-state index in [9.17, 15) is 13.2 Å². The van der Waals surface area contributed by atoms with E-state index >= 15 is 0 Å². The van der Waals surface area contributed by atoms with Crippen LogP contribution < -0.4 is 4.90 Å². The van der Waals surface area contributed by atoms with E-state index in [-0.39, 0.29) is 0 Å². The Labute approximate surface area is 91.6 Å². The summed E-state index contributed by atoms with van der Waals surface area (Å²) in [7, 11) is 0. The van der Waals surface area contributed by atoms with Crippen molar-refractivity contribution in [3.05, 3.63) is 29.8 Å². The zero-order valence-electron chi connectivity index (χ0n) is 8.55. The quantitative estimate of drug-likeness (QED) is 0.734. The molecule has 0 N–H and O–H groups in total. The lowest BCUT2D eigenvalue weighted by Crippen LogP contribution is -2.36. The molecular formula is C11H11F3NO. The number of halogens is 3. The van der Waals surface area contributed by atoms with Crippen LogP contribution in [0.1, 0.15) is 5.56 Å². The third kappa shape index (κ3) is 2.47. The highest BCUT2D eigenvalue weighted by Gasteiger charge is 2.30. The molecule has 16 heavy (non-hydrogen) atoms. The zero-order chi connectivity index (χ0) is 11.6. The van der Waals surface area contributed by atoms with Crippen molar-refractivity contribution in [1.29, 1.82) is 0 Å².